The quantitative estimate of drug-likeness (QED) is 0.900. The number of quaternary nitrogens is 1. The van der Waals surface area contributed by atoms with Gasteiger partial charge in [-0.15, -0.1) is 0 Å². The second-order valence-corrected chi connectivity index (χ2v) is 8.52. The van der Waals surface area contributed by atoms with Crippen molar-refractivity contribution in [3.63, 3.8) is 0 Å². The van der Waals surface area contributed by atoms with Gasteiger partial charge in [0.1, 0.15) is 6.04 Å². The van der Waals surface area contributed by atoms with Crippen molar-refractivity contribution in [2.24, 2.45) is 0 Å². The number of nitrogens with one attached hydrogen (secondary N) is 1. The highest BCUT2D eigenvalue weighted by Crippen LogP contribution is 2.18. The SMILES string of the molecule is C[C@@H](c1ccccc1)[NH+]1CCN(S(=O)(=O)c2ccc(Cl)cc2)CC1. The van der Waals surface area contributed by atoms with Crippen molar-refractivity contribution in [1.29, 1.82) is 0 Å². The topological polar surface area (TPSA) is 41.8 Å². The van der Waals surface area contributed by atoms with Gasteiger partial charge in [0, 0.05) is 10.6 Å². The van der Waals surface area contributed by atoms with Gasteiger partial charge in [-0.2, -0.15) is 4.31 Å². The maximum Gasteiger partial charge on any atom is 0.243 e. The molecule has 1 aliphatic heterocycles. The Morgan fingerprint density at radius 2 is 1.58 bits per heavy atom. The third-order valence-electron chi connectivity index (χ3n) is 4.73. The van der Waals surface area contributed by atoms with Crippen LogP contribution < -0.4 is 4.90 Å². The molecule has 0 radical (unpaired) electrons. The van der Waals surface area contributed by atoms with Gasteiger partial charge in [-0.1, -0.05) is 41.9 Å². The van der Waals surface area contributed by atoms with Gasteiger partial charge in [-0.25, -0.2) is 8.42 Å². The van der Waals surface area contributed by atoms with Gasteiger partial charge in [0.2, 0.25) is 10.0 Å². The van der Waals surface area contributed by atoms with E-state index in [1.54, 1.807) is 28.6 Å². The van der Waals surface area contributed by atoms with Crippen molar-refractivity contribution < 1.29 is 13.3 Å². The Labute approximate surface area is 148 Å². The molecular weight excluding hydrogens is 344 g/mol. The highest BCUT2D eigenvalue weighted by atomic mass is 35.5. The zero-order chi connectivity index (χ0) is 17.2. The van der Waals surface area contributed by atoms with E-state index in [2.05, 4.69) is 19.1 Å². The Hall–Kier alpha value is -1.40. The predicted octanol–water partition coefficient (Wildman–Crippen LogP) is 1.99. The summed E-state index contributed by atoms with van der Waals surface area (Å²) in [6.45, 7) is 4.90. The van der Waals surface area contributed by atoms with Gasteiger partial charge in [0.25, 0.3) is 0 Å². The molecule has 0 unspecified atom stereocenters. The summed E-state index contributed by atoms with van der Waals surface area (Å²) in [6.07, 6.45) is 0. The van der Waals surface area contributed by atoms with E-state index in [4.69, 9.17) is 11.6 Å². The van der Waals surface area contributed by atoms with Gasteiger partial charge in [0.05, 0.1) is 31.1 Å². The number of sulfonamides is 1. The lowest BCUT2D eigenvalue weighted by Crippen LogP contribution is -3.14. The molecule has 24 heavy (non-hydrogen) atoms. The summed E-state index contributed by atoms with van der Waals surface area (Å²) < 4.78 is 27.0. The molecule has 0 saturated carbocycles. The van der Waals surface area contributed by atoms with Crippen LogP contribution in [0.5, 0.6) is 0 Å². The van der Waals surface area contributed by atoms with Crippen LogP contribution in [0.4, 0.5) is 0 Å². The summed E-state index contributed by atoms with van der Waals surface area (Å²) in [6, 6.07) is 17.1. The molecule has 1 atom stereocenters. The summed E-state index contributed by atoms with van der Waals surface area (Å²) >= 11 is 5.85. The average molecular weight is 366 g/mol. The molecule has 0 bridgehead atoms. The van der Waals surface area contributed by atoms with E-state index in [0.29, 0.717) is 29.0 Å². The molecule has 4 nitrogen and oxygen atoms in total. The molecular formula is C18H22ClN2O2S+. The van der Waals surface area contributed by atoms with Crippen LogP contribution in [-0.2, 0) is 10.0 Å². The monoisotopic (exact) mass is 365 g/mol. The first-order valence-electron chi connectivity index (χ1n) is 8.14. The van der Waals surface area contributed by atoms with Crippen LogP contribution >= 0.6 is 11.6 Å². The number of benzene rings is 2. The average Bonchev–Trinajstić information content (AvgIpc) is 2.62. The molecule has 2 aromatic carbocycles. The van der Waals surface area contributed by atoms with Crippen molar-refractivity contribution in [3.8, 4) is 0 Å². The van der Waals surface area contributed by atoms with Crippen LogP contribution in [0.1, 0.15) is 18.5 Å². The number of hydrogen-bond donors (Lipinski definition) is 1. The van der Waals surface area contributed by atoms with Crippen LogP contribution in [0.15, 0.2) is 59.5 Å². The Balaban J connectivity index is 1.67. The fourth-order valence-corrected chi connectivity index (χ4v) is 4.75. The van der Waals surface area contributed by atoms with Crippen LogP contribution in [0, 0.1) is 0 Å². The second kappa shape index (κ2) is 7.23. The smallest absolute Gasteiger partial charge is 0.243 e. The van der Waals surface area contributed by atoms with E-state index in [-0.39, 0.29) is 0 Å². The van der Waals surface area contributed by atoms with E-state index in [9.17, 15) is 8.42 Å². The third kappa shape index (κ3) is 3.64. The van der Waals surface area contributed by atoms with Crippen LogP contribution in [0.2, 0.25) is 5.02 Å². The first-order valence-corrected chi connectivity index (χ1v) is 9.95. The predicted molar refractivity (Wildman–Crippen MR) is 95.8 cm³/mol. The van der Waals surface area contributed by atoms with E-state index < -0.39 is 10.0 Å². The minimum Gasteiger partial charge on any atom is -0.327 e. The first-order chi connectivity index (χ1) is 11.5. The molecule has 0 aliphatic carbocycles. The molecule has 1 heterocycles. The zero-order valence-corrected chi connectivity index (χ0v) is 15.2. The van der Waals surface area contributed by atoms with Gasteiger partial charge >= 0.3 is 0 Å². The molecule has 1 aliphatic rings. The standard InChI is InChI=1S/C18H21ClN2O2S/c1-15(16-5-3-2-4-6-16)20-11-13-21(14-12-20)24(22,23)18-9-7-17(19)8-10-18/h2-10,15H,11-14H2,1H3/p+1/t15-/m0/s1. The lowest BCUT2D eigenvalue weighted by molar-refractivity contribution is -0.933. The maximum atomic E-state index is 12.7. The molecule has 1 fully saturated rings. The highest BCUT2D eigenvalue weighted by Gasteiger charge is 2.32. The molecule has 128 valence electrons. The molecule has 0 amide bonds. The third-order valence-corrected chi connectivity index (χ3v) is 6.89. The Morgan fingerprint density at radius 1 is 1.00 bits per heavy atom. The lowest BCUT2D eigenvalue weighted by Gasteiger charge is -2.35. The molecule has 2 aromatic rings. The zero-order valence-electron chi connectivity index (χ0n) is 13.7. The lowest BCUT2D eigenvalue weighted by atomic mass is 10.1. The van der Waals surface area contributed by atoms with Crippen LogP contribution in [0.3, 0.4) is 0 Å². The van der Waals surface area contributed by atoms with E-state index >= 15 is 0 Å². The van der Waals surface area contributed by atoms with Crippen molar-refractivity contribution >= 4 is 21.6 Å². The van der Waals surface area contributed by atoms with Crippen molar-refractivity contribution in [1.82, 2.24) is 4.31 Å². The van der Waals surface area contributed by atoms with Gasteiger partial charge in [-0.3, -0.25) is 0 Å². The number of piperazine rings is 1. The number of halogens is 1. The van der Waals surface area contributed by atoms with Crippen molar-refractivity contribution in [3.05, 3.63) is 65.2 Å². The molecule has 0 spiro atoms. The maximum absolute atomic E-state index is 12.7. The summed E-state index contributed by atoms with van der Waals surface area (Å²) in [4.78, 5) is 1.73. The molecule has 1 N–H and O–H groups in total. The van der Waals surface area contributed by atoms with Gasteiger partial charge in [-0.05, 0) is 31.2 Å². The molecule has 0 aromatic heterocycles. The largest absolute Gasteiger partial charge is 0.327 e. The fraction of sp³-hybridized carbons (Fsp3) is 0.333. The fourth-order valence-electron chi connectivity index (χ4n) is 3.18. The molecule has 3 rings (SSSR count). The Bertz CT molecular complexity index is 770. The summed E-state index contributed by atoms with van der Waals surface area (Å²) in [5.41, 5.74) is 1.29. The number of nitrogens with zero attached hydrogens (tertiary/aromatic N) is 1. The van der Waals surface area contributed by atoms with E-state index in [1.807, 2.05) is 18.2 Å². The Morgan fingerprint density at radius 3 is 2.17 bits per heavy atom. The Kier molecular flexibility index (Phi) is 5.25. The minimum absolute atomic E-state index is 0.312. The summed E-state index contributed by atoms with van der Waals surface area (Å²) in [7, 11) is -3.43. The van der Waals surface area contributed by atoms with Gasteiger partial charge < -0.3 is 4.90 Å². The molecule has 6 heteroatoms. The van der Waals surface area contributed by atoms with Crippen molar-refractivity contribution in [2.75, 3.05) is 26.2 Å². The summed E-state index contributed by atoms with van der Waals surface area (Å²) in [5, 5.41) is 0.542. The summed E-state index contributed by atoms with van der Waals surface area (Å²) in [5.74, 6) is 0. The van der Waals surface area contributed by atoms with E-state index in [0.717, 1.165) is 13.1 Å². The normalized spacial score (nSPS) is 18.4. The van der Waals surface area contributed by atoms with E-state index in [1.165, 1.54) is 10.5 Å². The minimum atomic E-state index is -3.43. The molecule has 1 saturated heterocycles. The van der Waals surface area contributed by atoms with Crippen LogP contribution in [-0.4, -0.2) is 38.9 Å². The highest BCUT2D eigenvalue weighted by molar-refractivity contribution is 7.89. The first kappa shape index (κ1) is 17.4. The van der Waals surface area contributed by atoms with Crippen molar-refractivity contribution in [2.45, 2.75) is 17.9 Å². The number of rotatable bonds is 4. The number of hydrogen-bond acceptors (Lipinski definition) is 2. The second-order valence-electron chi connectivity index (χ2n) is 6.15. The van der Waals surface area contributed by atoms with Gasteiger partial charge in [0.15, 0.2) is 0 Å². The van der Waals surface area contributed by atoms with Crippen LogP contribution in [0.25, 0.3) is 0 Å².